The van der Waals surface area contributed by atoms with Gasteiger partial charge in [0.25, 0.3) is 11.6 Å². The molecule has 4 aromatic rings. The van der Waals surface area contributed by atoms with E-state index in [0.717, 1.165) is 19.3 Å². The molecule has 4 rings (SSSR count). The minimum absolute atomic E-state index is 0.0162. The SMILES string of the molecule is CSc1nc2ccc(NC(=O)c3cc4cc([N+](=O)[O-])ccc4s3)cc2s1. The average Bonchev–Trinajstić information content (AvgIpc) is 3.24. The lowest BCUT2D eigenvalue weighted by molar-refractivity contribution is -0.384. The molecule has 0 bridgehead atoms. The Kier molecular flexibility index (Phi) is 4.35. The molecule has 1 N–H and O–H groups in total. The van der Waals surface area contributed by atoms with Gasteiger partial charge < -0.3 is 5.32 Å². The highest BCUT2D eigenvalue weighted by Gasteiger charge is 2.14. The first-order valence-corrected chi connectivity index (χ1v) is 10.3. The van der Waals surface area contributed by atoms with Crippen LogP contribution in [-0.4, -0.2) is 22.1 Å². The summed E-state index contributed by atoms with van der Waals surface area (Å²) in [6, 6.07) is 11.9. The van der Waals surface area contributed by atoms with Crippen LogP contribution in [0.25, 0.3) is 20.3 Å². The number of thiazole rings is 1. The van der Waals surface area contributed by atoms with Crippen LogP contribution >= 0.6 is 34.4 Å². The number of fused-ring (bicyclic) bond motifs is 2. The highest BCUT2D eigenvalue weighted by atomic mass is 32.2. The largest absolute Gasteiger partial charge is 0.321 e. The van der Waals surface area contributed by atoms with Crippen LogP contribution in [-0.2, 0) is 0 Å². The van der Waals surface area contributed by atoms with Gasteiger partial charge in [0.1, 0.15) is 0 Å². The topological polar surface area (TPSA) is 85.1 Å². The summed E-state index contributed by atoms with van der Waals surface area (Å²) in [6.07, 6.45) is 1.98. The second kappa shape index (κ2) is 6.67. The van der Waals surface area contributed by atoms with E-state index in [-0.39, 0.29) is 11.6 Å². The number of rotatable bonds is 4. The molecule has 2 aromatic heterocycles. The van der Waals surface area contributed by atoms with Gasteiger partial charge in [0, 0.05) is 27.9 Å². The van der Waals surface area contributed by atoms with Crippen LogP contribution in [0.2, 0.25) is 0 Å². The first-order valence-electron chi connectivity index (χ1n) is 7.47. The van der Waals surface area contributed by atoms with Crippen LogP contribution in [0.1, 0.15) is 9.67 Å². The summed E-state index contributed by atoms with van der Waals surface area (Å²) in [4.78, 5) is 28.0. The van der Waals surface area contributed by atoms with Gasteiger partial charge in [-0.1, -0.05) is 11.8 Å². The van der Waals surface area contributed by atoms with E-state index in [0.29, 0.717) is 16.0 Å². The van der Waals surface area contributed by atoms with E-state index in [1.54, 1.807) is 35.2 Å². The molecule has 9 heteroatoms. The summed E-state index contributed by atoms with van der Waals surface area (Å²) < 4.78 is 2.83. The summed E-state index contributed by atoms with van der Waals surface area (Å²) in [7, 11) is 0. The number of nitro benzene ring substituents is 1. The number of nitrogens with zero attached hydrogens (tertiary/aromatic N) is 2. The Morgan fingerprint density at radius 1 is 1.15 bits per heavy atom. The Hall–Kier alpha value is -2.49. The van der Waals surface area contributed by atoms with Crippen LogP contribution in [0.4, 0.5) is 11.4 Å². The fourth-order valence-electron chi connectivity index (χ4n) is 2.52. The number of anilines is 1. The van der Waals surface area contributed by atoms with Crippen LogP contribution in [0.3, 0.4) is 0 Å². The van der Waals surface area contributed by atoms with Crippen molar-refractivity contribution in [1.82, 2.24) is 4.98 Å². The summed E-state index contributed by atoms with van der Waals surface area (Å²) in [6.45, 7) is 0. The van der Waals surface area contributed by atoms with Gasteiger partial charge in [-0.3, -0.25) is 14.9 Å². The second-order valence-electron chi connectivity index (χ2n) is 5.41. The molecule has 26 heavy (non-hydrogen) atoms. The Morgan fingerprint density at radius 2 is 2.00 bits per heavy atom. The van der Waals surface area contributed by atoms with E-state index in [2.05, 4.69) is 10.3 Å². The quantitative estimate of drug-likeness (QED) is 0.281. The van der Waals surface area contributed by atoms with Crippen molar-refractivity contribution in [2.75, 3.05) is 11.6 Å². The molecule has 2 aromatic carbocycles. The van der Waals surface area contributed by atoms with Gasteiger partial charge in [0.05, 0.1) is 20.0 Å². The lowest BCUT2D eigenvalue weighted by Gasteiger charge is -2.02. The molecule has 0 atom stereocenters. The molecular weight excluding hydrogens is 390 g/mol. The Morgan fingerprint density at radius 3 is 2.77 bits per heavy atom. The number of nitro groups is 1. The average molecular weight is 401 g/mol. The molecule has 0 spiro atoms. The molecule has 130 valence electrons. The van der Waals surface area contributed by atoms with Crippen molar-refractivity contribution >= 4 is 72.0 Å². The standard InChI is InChI=1S/C17H11N3O3S3/c1-24-17-19-12-4-2-10(8-14(12)26-17)18-16(21)15-7-9-6-11(20(22)23)3-5-13(9)25-15/h2-8H,1H3,(H,18,21). The molecule has 6 nitrogen and oxygen atoms in total. The van der Waals surface area contributed by atoms with Gasteiger partial charge in [0.15, 0.2) is 4.34 Å². The molecular formula is C17H11N3O3S3. The zero-order valence-corrected chi connectivity index (χ0v) is 15.8. The zero-order chi connectivity index (χ0) is 18.3. The number of amides is 1. The monoisotopic (exact) mass is 401 g/mol. The van der Waals surface area contributed by atoms with Gasteiger partial charge in [-0.2, -0.15) is 0 Å². The van der Waals surface area contributed by atoms with Crippen molar-refractivity contribution < 1.29 is 9.72 Å². The van der Waals surface area contributed by atoms with Gasteiger partial charge in [-0.05, 0) is 36.6 Å². The number of hydrogen-bond acceptors (Lipinski definition) is 7. The minimum Gasteiger partial charge on any atom is -0.321 e. The first kappa shape index (κ1) is 17.0. The molecule has 2 heterocycles. The van der Waals surface area contributed by atoms with Gasteiger partial charge in [-0.25, -0.2) is 4.98 Å². The van der Waals surface area contributed by atoms with Crippen molar-refractivity contribution in [2.24, 2.45) is 0 Å². The predicted octanol–water partition coefficient (Wildman–Crippen LogP) is 5.39. The smallest absolute Gasteiger partial charge is 0.270 e. The lowest BCUT2D eigenvalue weighted by atomic mass is 10.2. The minimum atomic E-state index is -0.440. The summed E-state index contributed by atoms with van der Waals surface area (Å²) in [5.41, 5.74) is 1.62. The van der Waals surface area contributed by atoms with E-state index >= 15 is 0 Å². The number of thiophene rings is 1. The first-order chi connectivity index (χ1) is 12.5. The van der Waals surface area contributed by atoms with E-state index in [9.17, 15) is 14.9 Å². The van der Waals surface area contributed by atoms with Gasteiger partial charge in [-0.15, -0.1) is 22.7 Å². The maximum atomic E-state index is 12.5. The molecule has 0 saturated carbocycles. The number of nitrogens with one attached hydrogen (secondary N) is 1. The van der Waals surface area contributed by atoms with E-state index in [4.69, 9.17) is 0 Å². The van der Waals surface area contributed by atoms with E-state index in [1.165, 1.54) is 23.5 Å². The van der Waals surface area contributed by atoms with Crippen molar-refractivity contribution in [1.29, 1.82) is 0 Å². The molecule has 0 aliphatic rings. The number of carbonyl (C=O) groups is 1. The van der Waals surface area contributed by atoms with Crippen LogP contribution < -0.4 is 5.32 Å². The molecule has 0 fully saturated rings. The highest BCUT2D eigenvalue weighted by Crippen LogP contribution is 2.32. The molecule has 1 amide bonds. The third-order valence-electron chi connectivity index (χ3n) is 3.74. The molecule has 0 radical (unpaired) electrons. The third-order valence-corrected chi connectivity index (χ3v) is 6.85. The summed E-state index contributed by atoms with van der Waals surface area (Å²) in [5.74, 6) is -0.234. The number of carbonyl (C=O) groups excluding carboxylic acids is 1. The number of benzene rings is 2. The third kappa shape index (κ3) is 3.16. The number of hydrogen-bond donors (Lipinski definition) is 1. The molecule has 0 unspecified atom stereocenters. The number of thioether (sulfide) groups is 1. The van der Waals surface area contributed by atoms with Crippen LogP contribution in [0.15, 0.2) is 46.8 Å². The van der Waals surface area contributed by atoms with Gasteiger partial charge >= 0.3 is 0 Å². The lowest BCUT2D eigenvalue weighted by Crippen LogP contribution is -2.09. The van der Waals surface area contributed by atoms with E-state index in [1.807, 2.05) is 24.5 Å². The van der Waals surface area contributed by atoms with E-state index < -0.39 is 4.92 Å². The summed E-state index contributed by atoms with van der Waals surface area (Å²) >= 11 is 4.48. The Labute approximate surface area is 160 Å². The normalized spacial score (nSPS) is 11.1. The number of aromatic nitrogens is 1. The highest BCUT2D eigenvalue weighted by molar-refractivity contribution is 8.00. The fourth-order valence-corrected chi connectivity index (χ4v) is 4.98. The maximum absolute atomic E-state index is 12.5. The zero-order valence-electron chi connectivity index (χ0n) is 13.4. The van der Waals surface area contributed by atoms with Crippen molar-refractivity contribution in [3.63, 3.8) is 0 Å². The van der Waals surface area contributed by atoms with Crippen molar-refractivity contribution in [3.8, 4) is 0 Å². The fraction of sp³-hybridized carbons (Fsp3) is 0.0588. The van der Waals surface area contributed by atoms with Crippen molar-refractivity contribution in [2.45, 2.75) is 4.34 Å². The summed E-state index contributed by atoms with van der Waals surface area (Å²) in [5, 5.41) is 14.5. The predicted molar refractivity (Wildman–Crippen MR) is 108 cm³/mol. The van der Waals surface area contributed by atoms with Crippen LogP contribution in [0.5, 0.6) is 0 Å². The van der Waals surface area contributed by atoms with Crippen molar-refractivity contribution in [3.05, 3.63) is 57.5 Å². The molecule has 0 aliphatic heterocycles. The van der Waals surface area contributed by atoms with Gasteiger partial charge in [0.2, 0.25) is 0 Å². The Balaban J connectivity index is 1.61. The maximum Gasteiger partial charge on any atom is 0.270 e. The molecule has 0 saturated heterocycles. The Bertz CT molecular complexity index is 1170. The molecule has 0 aliphatic carbocycles. The van der Waals surface area contributed by atoms with Crippen LogP contribution in [0, 0.1) is 10.1 Å². The second-order valence-corrected chi connectivity index (χ2v) is 8.58. The number of non-ortho nitro benzene ring substituents is 1.